The number of carbonyl (C=O) groups excluding carboxylic acids is 2. The standard InChI is InChI=1S/C30H29F3N6O6.C17H17N5O4/c1-16-9-18(38-7-8-45-15-19(38)12-24(32)33)11-21(31)26(16)27(40)36-22(29(42)43)10-17-3-4-25(35-13-17)39-28(41)20-5-6-34-14-23(20)37(2)30(39)44;1-21-13-9-19-6-5-11(13)15(23)22(17(21)25)14-4-3-10(8-20-14)7-12(18)16(24)26-2/h3-6,9,11,13-14,19,22,24H,7-8,10,12,15H2,1-2H3,(H,36,40)(H,42,43);3-6,8-9,12H,7,18H2,1-2H3/t19-,22-;12-/m00/s1. The summed E-state index contributed by atoms with van der Waals surface area (Å²) in [7, 11) is 4.31. The van der Waals surface area contributed by atoms with Crippen molar-refractivity contribution in [2.45, 2.75) is 50.7 Å². The van der Waals surface area contributed by atoms with Crippen molar-refractivity contribution in [3.63, 3.8) is 0 Å². The lowest BCUT2D eigenvalue weighted by atomic mass is 10.0. The first-order valence-corrected chi connectivity index (χ1v) is 21.7. The Kier molecular flexibility index (Phi) is 15.3. The van der Waals surface area contributed by atoms with E-state index >= 15 is 4.39 Å². The molecule has 4 N–H and O–H groups in total. The summed E-state index contributed by atoms with van der Waals surface area (Å²) >= 11 is 0. The van der Waals surface area contributed by atoms with Gasteiger partial charge in [-0.05, 0) is 66.4 Å². The number of aliphatic carboxylic acids is 1. The Balaban J connectivity index is 0.000000241. The van der Waals surface area contributed by atoms with E-state index in [1.54, 1.807) is 24.1 Å². The monoisotopic (exact) mass is 981 g/mol. The summed E-state index contributed by atoms with van der Waals surface area (Å²) in [5, 5.41) is 12.8. The fourth-order valence-electron chi connectivity index (χ4n) is 8.06. The van der Waals surface area contributed by atoms with Gasteiger partial charge < -0.3 is 30.5 Å². The fraction of sp³-hybridized carbons (Fsp3) is 0.298. The number of fused-ring (bicyclic) bond motifs is 2. The number of rotatable bonds is 13. The Morgan fingerprint density at radius 1 is 0.845 bits per heavy atom. The number of carbonyl (C=O) groups is 3. The van der Waals surface area contributed by atoms with E-state index < -0.39 is 77.1 Å². The molecule has 0 bridgehead atoms. The van der Waals surface area contributed by atoms with Gasteiger partial charge in [0.2, 0.25) is 6.43 Å². The topological polar surface area (TPSA) is 271 Å². The van der Waals surface area contributed by atoms with E-state index in [9.17, 15) is 47.4 Å². The summed E-state index contributed by atoms with van der Waals surface area (Å²) in [6, 6.07) is 8.67. The molecule has 7 aromatic rings. The molecule has 0 saturated carbocycles. The van der Waals surface area contributed by atoms with E-state index in [-0.39, 0.29) is 60.7 Å². The second-order valence-corrected chi connectivity index (χ2v) is 16.4. The minimum Gasteiger partial charge on any atom is -0.480 e. The Morgan fingerprint density at radius 3 is 1.87 bits per heavy atom. The average Bonchev–Trinajstić information content (AvgIpc) is 3.35. The first-order chi connectivity index (χ1) is 33.9. The van der Waals surface area contributed by atoms with Crippen LogP contribution in [-0.4, -0.2) is 113 Å². The first-order valence-electron chi connectivity index (χ1n) is 21.7. The summed E-state index contributed by atoms with van der Waals surface area (Å²) < 4.78 is 55.8. The zero-order chi connectivity index (χ0) is 51.3. The average molecular weight is 982 g/mol. The molecule has 1 saturated heterocycles. The van der Waals surface area contributed by atoms with E-state index in [1.807, 2.05) is 0 Å². The minimum absolute atomic E-state index is 0.00724. The van der Waals surface area contributed by atoms with E-state index in [4.69, 9.17) is 10.5 Å². The largest absolute Gasteiger partial charge is 0.480 e. The normalized spacial score (nSPS) is 14.4. The molecule has 7 heterocycles. The fourth-order valence-corrected chi connectivity index (χ4v) is 8.06. The van der Waals surface area contributed by atoms with Gasteiger partial charge in [0, 0.05) is 64.0 Å². The van der Waals surface area contributed by atoms with Crippen molar-refractivity contribution in [1.29, 1.82) is 0 Å². The number of nitrogens with one attached hydrogen (secondary N) is 1. The zero-order valence-electron chi connectivity index (χ0n) is 38.5. The summed E-state index contributed by atoms with van der Waals surface area (Å²) in [6.45, 7) is 2.05. The molecule has 1 fully saturated rings. The highest BCUT2D eigenvalue weighted by atomic mass is 19.3. The number of amides is 1. The smallest absolute Gasteiger partial charge is 0.337 e. The Labute approximate surface area is 399 Å². The Hall–Kier alpha value is -8.38. The predicted octanol–water partition coefficient (Wildman–Crippen LogP) is 1.74. The van der Waals surface area contributed by atoms with Gasteiger partial charge in [0.25, 0.3) is 17.0 Å². The molecule has 1 aliphatic heterocycles. The Bertz CT molecular complexity index is 3380. The number of hydrogen-bond acceptors (Lipinski definition) is 15. The third-order valence-corrected chi connectivity index (χ3v) is 11.7. The number of anilines is 1. The van der Waals surface area contributed by atoms with Crippen LogP contribution >= 0.6 is 0 Å². The van der Waals surface area contributed by atoms with Crippen LogP contribution in [-0.2, 0) is 46.0 Å². The zero-order valence-corrected chi connectivity index (χ0v) is 38.5. The van der Waals surface area contributed by atoms with Gasteiger partial charge in [0.15, 0.2) is 0 Å². The second-order valence-electron chi connectivity index (χ2n) is 16.4. The third-order valence-electron chi connectivity index (χ3n) is 11.7. The molecule has 21 nitrogen and oxygen atoms in total. The number of benzene rings is 1. The number of aromatic nitrogens is 8. The van der Waals surface area contributed by atoms with Gasteiger partial charge in [-0.2, -0.15) is 0 Å². The van der Waals surface area contributed by atoms with Crippen molar-refractivity contribution in [1.82, 2.24) is 43.5 Å². The SMILES string of the molecule is COC(=O)[C@@H](N)Cc1ccc(-n2c(=O)c3ccncc3n(C)c2=O)nc1.Cc1cc(N2CCOC[C@@H]2CC(F)F)cc(F)c1C(=O)N[C@@H](Cc1ccc(-n2c(=O)c3ccncc3n(C)c2=O)nc1)C(=O)O. The molecule has 71 heavy (non-hydrogen) atoms. The lowest BCUT2D eigenvalue weighted by Crippen LogP contribution is -2.46. The number of nitrogens with two attached hydrogens (primary N) is 1. The van der Waals surface area contributed by atoms with Crippen molar-refractivity contribution in [2.75, 3.05) is 31.8 Å². The van der Waals surface area contributed by atoms with Gasteiger partial charge in [0.05, 0.1) is 66.1 Å². The predicted molar refractivity (Wildman–Crippen MR) is 251 cm³/mol. The number of morpholine rings is 1. The van der Waals surface area contributed by atoms with Crippen LogP contribution in [0.2, 0.25) is 0 Å². The van der Waals surface area contributed by atoms with Crippen LogP contribution in [0.15, 0.2) is 105 Å². The molecule has 0 unspecified atom stereocenters. The summed E-state index contributed by atoms with van der Waals surface area (Å²) in [4.78, 5) is 106. The number of carboxylic acid groups (broad SMARTS) is 1. The van der Waals surface area contributed by atoms with Crippen molar-refractivity contribution < 1.29 is 42.1 Å². The number of pyridine rings is 4. The number of methoxy groups -OCH3 is 1. The van der Waals surface area contributed by atoms with E-state index in [0.29, 0.717) is 33.2 Å². The molecule has 1 amide bonds. The molecule has 370 valence electrons. The maximum Gasteiger partial charge on any atom is 0.337 e. The second kappa shape index (κ2) is 21.5. The quantitative estimate of drug-likeness (QED) is 0.139. The number of esters is 1. The Morgan fingerprint density at radius 2 is 1.39 bits per heavy atom. The number of hydrogen-bond donors (Lipinski definition) is 3. The molecule has 1 aliphatic rings. The lowest BCUT2D eigenvalue weighted by Gasteiger charge is -2.37. The maximum atomic E-state index is 15.3. The van der Waals surface area contributed by atoms with Crippen molar-refractivity contribution in [3.05, 3.63) is 155 Å². The van der Waals surface area contributed by atoms with Crippen LogP contribution < -0.4 is 38.4 Å². The summed E-state index contributed by atoms with van der Waals surface area (Å²) in [6.07, 6.45) is 5.47. The highest BCUT2D eigenvalue weighted by molar-refractivity contribution is 5.98. The number of ether oxygens (including phenoxy) is 2. The number of halogens is 3. The van der Waals surface area contributed by atoms with E-state index in [2.05, 4.69) is 30.0 Å². The molecule has 24 heteroatoms. The van der Waals surface area contributed by atoms with Crippen LogP contribution in [0, 0.1) is 12.7 Å². The van der Waals surface area contributed by atoms with E-state index in [1.165, 1.54) is 97.7 Å². The van der Waals surface area contributed by atoms with Gasteiger partial charge in [-0.15, -0.1) is 0 Å². The molecule has 0 spiro atoms. The highest BCUT2D eigenvalue weighted by Crippen LogP contribution is 2.28. The van der Waals surface area contributed by atoms with Gasteiger partial charge >= 0.3 is 23.3 Å². The molecule has 0 radical (unpaired) electrons. The molecule has 1 aromatic carbocycles. The maximum absolute atomic E-state index is 15.3. The van der Waals surface area contributed by atoms with Gasteiger partial charge in [-0.25, -0.2) is 46.7 Å². The lowest BCUT2D eigenvalue weighted by molar-refractivity contribution is -0.142. The van der Waals surface area contributed by atoms with Crippen molar-refractivity contribution in [3.8, 4) is 11.6 Å². The highest BCUT2D eigenvalue weighted by Gasteiger charge is 2.30. The van der Waals surface area contributed by atoms with Crippen LogP contribution in [0.5, 0.6) is 0 Å². The minimum atomic E-state index is -2.58. The number of carboxylic acids is 1. The van der Waals surface area contributed by atoms with Crippen LogP contribution in [0.1, 0.15) is 33.5 Å². The summed E-state index contributed by atoms with van der Waals surface area (Å²) in [5.74, 6) is -3.63. The van der Waals surface area contributed by atoms with Crippen molar-refractivity contribution >= 4 is 45.3 Å². The summed E-state index contributed by atoms with van der Waals surface area (Å²) in [5.41, 5.74) is 5.42. The molecular formula is C47H46F3N11O10. The van der Waals surface area contributed by atoms with Gasteiger partial charge in [0.1, 0.15) is 29.5 Å². The molecule has 8 rings (SSSR count). The number of aryl methyl sites for hydroxylation is 3. The van der Waals surface area contributed by atoms with Gasteiger partial charge in [-0.3, -0.25) is 38.3 Å². The molecule has 3 atom stereocenters. The first kappa shape index (κ1) is 50.5. The van der Waals surface area contributed by atoms with Crippen LogP contribution in [0.4, 0.5) is 18.9 Å². The van der Waals surface area contributed by atoms with Gasteiger partial charge in [-0.1, -0.05) is 12.1 Å². The van der Waals surface area contributed by atoms with Crippen molar-refractivity contribution in [2.24, 2.45) is 19.8 Å². The number of nitrogens with zero attached hydrogens (tertiary/aromatic N) is 9. The molecule has 0 aliphatic carbocycles. The molecule has 6 aromatic heterocycles. The number of alkyl halides is 2. The van der Waals surface area contributed by atoms with Crippen LogP contribution in [0.3, 0.4) is 0 Å². The van der Waals surface area contributed by atoms with Crippen LogP contribution in [0.25, 0.3) is 33.4 Å². The molecular weight excluding hydrogens is 936 g/mol. The third kappa shape index (κ3) is 10.8. The van der Waals surface area contributed by atoms with E-state index in [0.717, 1.165) is 15.2 Å².